The van der Waals surface area contributed by atoms with E-state index >= 15 is 0 Å². The van der Waals surface area contributed by atoms with Crippen LogP contribution in [-0.2, 0) is 6.42 Å². The van der Waals surface area contributed by atoms with Gasteiger partial charge in [0.2, 0.25) is 0 Å². The van der Waals surface area contributed by atoms with Crippen molar-refractivity contribution in [2.24, 2.45) is 5.92 Å². The van der Waals surface area contributed by atoms with Gasteiger partial charge in [0, 0.05) is 23.9 Å². The summed E-state index contributed by atoms with van der Waals surface area (Å²) in [4.78, 5) is 2.45. The third kappa shape index (κ3) is 3.09. The lowest BCUT2D eigenvalue weighted by molar-refractivity contribution is 0.117. The zero-order chi connectivity index (χ0) is 14.1. The van der Waals surface area contributed by atoms with Gasteiger partial charge in [-0.1, -0.05) is 0 Å². The lowest BCUT2D eigenvalue weighted by Crippen LogP contribution is -2.41. The Kier molecular flexibility index (Phi) is 4.18. The van der Waals surface area contributed by atoms with Crippen LogP contribution in [0.25, 0.3) is 0 Å². The van der Waals surface area contributed by atoms with Crippen LogP contribution in [0.5, 0.6) is 5.75 Å². The Morgan fingerprint density at radius 3 is 2.85 bits per heavy atom. The molecule has 2 heterocycles. The summed E-state index contributed by atoms with van der Waals surface area (Å²) in [7, 11) is 0. The van der Waals surface area contributed by atoms with Gasteiger partial charge in [-0.3, -0.25) is 4.90 Å². The molecule has 0 radical (unpaired) electrons. The Labute approximate surface area is 124 Å². The van der Waals surface area contributed by atoms with Crippen molar-refractivity contribution >= 4 is 11.6 Å². The summed E-state index contributed by atoms with van der Waals surface area (Å²) >= 11 is 6.17. The van der Waals surface area contributed by atoms with Gasteiger partial charge in [-0.25, -0.2) is 4.39 Å². The van der Waals surface area contributed by atoms with Gasteiger partial charge in [0.15, 0.2) is 0 Å². The predicted molar refractivity (Wildman–Crippen MR) is 79.0 cm³/mol. The van der Waals surface area contributed by atoms with E-state index in [1.807, 2.05) is 0 Å². The third-order valence-corrected chi connectivity index (χ3v) is 4.86. The molecular weight excluding hydrogens is 277 g/mol. The van der Waals surface area contributed by atoms with E-state index in [0.29, 0.717) is 5.92 Å². The molecule has 20 heavy (non-hydrogen) atoms. The van der Waals surface area contributed by atoms with E-state index in [-0.39, 0.29) is 17.3 Å². The summed E-state index contributed by atoms with van der Waals surface area (Å²) in [5, 5.41) is 0.270. The number of nitrogens with zero attached hydrogens (tertiary/aromatic N) is 1. The molecule has 0 aliphatic carbocycles. The summed E-state index contributed by atoms with van der Waals surface area (Å²) in [6, 6.07) is 4.80. The molecule has 0 spiro atoms. The van der Waals surface area contributed by atoms with E-state index in [4.69, 9.17) is 16.3 Å². The van der Waals surface area contributed by atoms with Crippen LogP contribution in [0.1, 0.15) is 25.3 Å². The maximum absolute atomic E-state index is 13.2. The molecule has 110 valence electrons. The molecule has 4 heteroatoms. The third-order valence-electron chi connectivity index (χ3n) is 4.51. The van der Waals surface area contributed by atoms with Crippen LogP contribution in [0.4, 0.5) is 4.39 Å². The highest BCUT2D eigenvalue weighted by Crippen LogP contribution is 2.30. The summed E-state index contributed by atoms with van der Waals surface area (Å²) in [6.07, 6.45) is 3.31. The van der Waals surface area contributed by atoms with Crippen molar-refractivity contribution in [3.05, 3.63) is 29.6 Å². The van der Waals surface area contributed by atoms with Crippen LogP contribution in [0.15, 0.2) is 18.2 Å². The van der Waals surface area contributed by atoms with E-state index in [9.17, 15) is 4.39 Å². The highest BCUT2D eigenvalue weighted by atomic mass is 35.5. The molecule has 1 saturated heterocycles. The number of benzene rings is 1. The SMILES string of the molecule is CC(Cl)C1CCN(CC2Cc3cc(F)ccc3O2)CC1. The second-order valence-electron chi connectivity index (χ2n) is 6.01. The number of likely N-dealkylation sites (tertiary alicyclic amines) is 1. The highest BCUT2D eigenvalue weighted by molar-refractivity contribution is 6.20. The number of rotatable bonds is 3. The van der Waals surface area contributed by atoms with Crippen LogP contribution in [0.3, 0.4) is 0 Å². The topological polar surface area (TPSA) is 12.5 Å². The minimum atomic E-state index is -0.176. The Balaban J connectivity index is 1.52. The minimum Gasteiger partial charge on any atom is -0.488 e. The van der Waals surface area contributed by atoms with Crippen LogP contribution in [0, 0.1) is 11.7 Å². The van der Waals surface area contributed by atoms with Crippen molar-refractivity contribution < 1.29 is 9.13 Å². The van der Waals surface area contributed by atoms with E-state index in [2.05, 4.69) is 11.8 Å². The summed E-state index contributed by atoms with van der Waals surface area (Å²) in [5.41, 5.74) is 0.999. The first-order chi connectivity index (χ1) is 9.61. The average Bonchev–Trinajstić information content (AvgIpc) is 2.80. The molecule has 3 rings (SSSR count). The Morgan fingerprint density at radius 1 is 1.40 bits per heavy atom. The average molecular weight is 298 g/mol. The molecule has 2 aliphatic heterocycles. The van der Waals surface area contributed by atoms with Crippen molar-refractivity contribution in [2.45, 2.75) is 37.7 Å². The van der Waals surface area contributed by atoms with Gasteiger partial charge in [0.1, 0.15) is 17.7 Å². The summed E-state index contributed by atoms with van der Waals surface area (Å²) in [6.45, 7) is 5.20. The zero-order valence-electron chi connectivity index (χ0n) is 11.8. The van der Waals surface area contributed by atoms with Gasteiger partial charge in [-0.15, -0.1) is 11.6 Å². The summed E-state index contributed by atoms with van der Waals surface area (Å²) < 4.78 is 19.1. The van der Waals surface area contributed by atoms with Crippen molar-refractivity contribution in [3.63, 3.8) is 0 Å². The fourth-order valence-electron chi connectivity index (χ4n) is 3.27. The molecule has 2 nitrogen and oxygen atoms in total. The van der Waals surface area contributed by atoms with Crippen LogP contribution in [-0.4, -0.2) is 36.0 Å². The maximum atomic E-state index is 13.2. The molecule has 2 aliphatic rings. The lowest BCUT2D eigenvalue weighted by Gasteiger charge is -2.34. The van der Waals surface area contributed by atoms with Crippen molar-refractivity contribution in [1.82, 2.24) is 4.90 Å². The first-order valence-electron chi connectivity index (χ1n) is 7.43. The number of hydrogen-bond donors (Lipinski definition) is 0. The lowest BCUT2D eigenvalue weighted by atomic mass is 9.94. The minimum absolute atomic E-state index is 0.164. The first-order valence-corrected chi connectivity index (χ1v) is 7.87. The monoisotopic (exact) mass is 297 g/mol. The molecule has 0 N–H and O–H groups in total. The Hall–Kier alpha value is -0.800. The maximum Gasteiger partial charge on any atom is 0.123 e. The number of alkyl halides is 1. The van der Waals surface area contributed by atoms with Gasteiger partial charge in [-0.05, 0) is 57.0 Å². The molecular formula is C16H21ClFNO. The first kappa shape index (κ1) is 14.2. The number of piperidine rings is 1. The molecule has 2 atom stereocenters. The highest BCUT2D eigenvalue weighted by Gasteiger charge is 2.28. The zero-order valence-corrected chi connectivity index (χ0v) is 12.6. The van der Waals surface area contributed by atoms with E-state index < -0.39 is 0 Å². The van der Waals surface area contributed by atoms with Gasteiger partial charge in [0.25, 0.3) is 0 Å². The fraction of sp³-hybridized carbons (Fsp3) is 0.625. The van der Waals surface area contributed by atoms with Crippen LogP contribution < -0.4 is 4.74 Å². The fourth-order valence-corrected chi connectivity index (χ4v) is 3.53. The molecule has 0 bridgehead atoms. The van der Waals surface area contributed by atoms with Gasteiger partial charge in [-0.2, -0.15) is 0 Å². The second kappa shape index (κ2) is 5.90. The number of halogens is 2. The number of ether oxygens (including phenoxy) is 1. The predicted octanol–water partition coefficient (Wildman–Crippen LogP) is 3.47. The summed E-state index contributed by atoms with van der Waals surface area (Å²) in [5.74, 6) is 1.31. The quantitative estimate of drug-likeness (QED) is 0.792. The Bertz CT molecular complexity index is 472. The molecule has 1 aromatic carbocycles. The smallest absolute Gasteiger partial charge is 0.123 e. The number of fused-ring (bicyclic) bond motifs is 1. The molecule has 1 aromatic rings. The van der Waals surface area contributed by atoms with E-state index in [1.54, 1.807) is 12.1 Å². The second-order valence-corrected chi connectivity index (χ2v) is 6.70. The Morgan fingerprint density at radius 2 is 2.15 bits per heavy atom. The largest absolute Gasteiger partial charge is 0.488 e. The van der Waals surface area contributed by atoms with Crippen LogP contribution >= 0.6 is 11.6 Å². The van der Waals surface area contributed by atoms with Gasteiger partial charge >= 0.3 is 0 Å². The molecule has 2 unspecified atom stereocenters. The molecule has 0 aromatic heterocycles. The van der Waals surface area contributed by atoms with Crippen molar-refractivity contribution in [2.75, 3.05) is 19.6 Å². The van der Waals surface area contributed by atoms with Crippen LogP contribution in [0.2, 0.25) is 0 Å². The van der Waals surface area contributed by atoms with Gasteiger partial charge in [0.05, 0.1) is 0 Å². The number of hydrogen-bond acceptors (Lipinski definition) is 2. The standard InChI is InChI=1S/C16H21ClFNO/c1-11(17)12-4-6-19(7-5-12)10-15-9-13-8-14(18)2-3-16(13)20-15/h2-3,8,11-12,15H,4-7,9-10H2,1H3. The molecule has 1 fully saturated rings. The molecule has 0 amide bonds. The molecule has 0 saturated carbocycles. The van der Waals surface area contributed by atoms with Gasteiger partial charge < -0.3 is 4.74 Å². The van der Waals surface area contributed by atoms with E-state index in [0.717, 1.165) is 37.4 Å². The normalized spacial score (nSPS) is 25.2. The van der Waals surface area contributed by atoms with Crippen molar-refractivity contribution in [1.29, 1.82) is 0 Å². The van der Waals surface area contributed by atoms with Crippen molar-refractivity contribution in [3.8, 4) is 5.75 Å². The van der Waals surface area contributed by atoms with E-state index in [1.165, 1.54) is 18.9 Å².